The van der Waals surface area contributed by atoms with Crippen molar-refractivity contribution < 1.29 is 9.53 Å². The van der Waals surface area contributed by atoms with E-state index in [9.17, 15) is 4.79 Å². The standard InChI is InChI=1S/C11H17N3O2/c1-4-16-11(15)9-8(3)13-14-6-7(2)5-12-10(9)14/h7,12H,4-6H2,1-3H3. The first-order valence-electron chi connectivity index (χ1n) is 5.61. The molecule has 0 radical (unpaired) electrons. The van der Waals surface area contributed by atoms with Gasteiger partial charge < -0.3 is 10.1 Å². The molecule has 0 aliphatic carbocycles. The number of nitrogens with one attached hydrogen (secondary N) is 1. The van der Waals surface area contributed by atoms with Crippen molar-refractivity contribution in [2.24, 2.45) is 5.92 Å². The summed E-state index contributed by atoms with van der Waals surface area (Å²) < 4.78 is 6.88. The Morgan fingerprint density at radius 1 is 1.69 bits per heavy atom. The zero-order valence-electron chi connectivity index (χ0n) is 9.91. The molecule has 1 aliphatic heterocycles. The highest BCUT2D eigenvalue weighted by molar-refractivity contribution is 5.96. The van der Waals surface area contributed by atoms with Gasteiger partial charge in [0.05, 0.1) is 12.3 Å². The smallest absolute Gasteiger partial charge is 0.343 e. The third kappa shape index (κ3) is 1.77. The summed E-state index contributed by atoms with van der Waals surface area (Å²) in [5.74, 6) is 1.04. The maximum atomic E-state index is 11.8. The maximum absolute atomic E-state index is 11.8. The maximum Gasteiger partial charge on any atom is 0.343 e. The molecule has 2 rings (SSSR count). The van der Waals surface area contributed by atoms with Crippen LogP contribution in [0.1, 0.15) is 29.9 Å². The number of ether oxygens (including phenoxy) is 1. The summed E-state index contributed by atoms with van der Waals surface area (Å²) in [5, 5.41) is 7.60. The predicted molar refractivity (Wildman–Crippen MR) is 60.6 cm³/mol. The van der Waals surface area contributed by atoms with Crippen molar-refractivity contribution in [3.05, 3.63) is 11.3 Å². The third-order valence-corrected chi connectivity index (χ3v) is 2.71. The fourth-order valence-electron chi connectivity index (χ4n) is 1.97. The highest BCUT2D eigenvalue weighted by atomic mass is 16.5. The van der Waals surface area contributed by atoms with Crippen molar-refractivity contribution in [2.75, 3.05) is 18.5 Å². The van der Waals surface area contributed by atoms with E-state index in [1.165, 1.54) is 0 Å². The highest BCUT2D eigenvalue weighted by Crippen LogP contribution is 2.25. The van der Waals surface area contributed by atoms with Crippen LogP contribution in [0.2, 0.25) is 0 Å². The van der Waals surface area contributed by atoms with Gasteiger partial charge in [0.2, 0.25) is 0 Å². The Labute approximate surface area is 94.8 Å². The van der Waals surface area contributed by atoms with Crippen LogP contribution in [0, 0.1) is 12.8 Å². The molecule has 0 spiro atoms. The van der Waals surface area contributed by atoms with Crippen molar-refractivity contribution in [1.82, 2.24) is 9.78 Å². The lowest BCUT2D eigenvalue weighted by molar-refractivity contribution is 0.0526. The SMILES string of the molecule is CCOC(=O)c1c(C)nn2c1NCC(C)C2. The number of anilines is 1. The average molecular weight is 223 g/mol. The van der Waals surface area contributed by atoms with Crippen LogP contribution in [0.4, 0.5) is 5.82 Å². The Hall–Kier alpha value is -1.52. The molecule has 1 N–H and O–H groups in total. The average Bonchev–Trinajstić information content (AvgIpc) is 2.53. The molecule has 16 heavy (non-hydrogen) atoms. The summed E-state index contributed by atoms with van der Waals surface area (Å²) in [5.41, 5.74) is 1.31. The molecule has 0 aromatic carbocycles. The van der Waals surface area contributed by atoms with Gasteiger partial charge in [0.25, 0.3) is 0 Å². The highest BCUT2D eigenvalue weighted by Gasteiger charge is 2.26. The number of fused-ring (bicyclic) bond motifs is 1. The number of hydrogen-bond donors (Lipinski definition) is 1. The molecule has 5 heteroatoms. The second-order valence-electron chi connectivity index (χ2n) is 4.20. The number of carbonyl (C=O) groups is 1. The quantitative estimate of drug-likeness (QED) is 0.771. The number of hydrogen-bond acceptors (Lipinski definition) is 4. The molecule has 0 saturated carbocycles. The molecule has 1 aromatic rings. The minimum Gasteiger partial charge on any atom is -0.462 e. The van der Waals surface area contributed by atoms with Gasteiger partial charge in [0.1, 0.15) is 11.4 Å². The van der Waals surface area contributed by atoms with Crippen LogP contribution in [0.25, 0.3) is 0 Å². The Kier molecular flexibility index (Phi) is 2.85. The third-order valence-electron chi connectivity index (χ3n) is 2.71. The number of carbonyl (C=O) groups excluding carboxylic acids is 1. The van der Waals surface area contributed by atoms with Gasteiger partial charge in [-0.25, -0.2) is 9.48 Å². The number of esters is 1. The van der Waals surface area contributed by atoms with E-state index in [1.807, 2.05) is 11.6 Å². The lowest BCUT2D eigenvalue weighted by Crippen LogP contribution is -2.26. The van der Waals surface area contributed by atoms with Crippen LogP contribution in [0.3, 0.4) is 0 Å². The molecule has 88 valence electrons. The van der Waals surface area contributed by atoms with Gasteiger partial charge in [0, 0.05) is 13.1 Å². The summed E-state index contributed by atoms with van der Waals surface area (Å²) in [6, 6.07) is 0. The predicted octanol–water partition coefficient (Wildman–Crippen LogP) is 1.43. The molecule has 5 nitrogen and oxygen atoms in total. The fraction of sp³-hybridized carbons (Fsp3) is 0.636. The monoisotopic (exact) mass is 223 g/mol. The van der Waals surface area contributed by atoms with E-state index in [2.05, 4.69) is 17.3 Å². The van der Waals surface area contributed by atoms with E-state index < -0.39 is 0 Å². The zero-order chi connectivity index (χ0) is 11.7. The topological polar surface area (TPSA) is 56.1 Å². The molecule has 1 aromatic heterocycles. The van der Waals surface area contributed by atoms with Crippen LogP contribution in [-0.2, 0) is 11.3 Å². The Morgan fingerprint density at radius 2 is 2.44 bits per heavy atom. The van der Waals surface area contributed by atoms with E-state index in [0.717, 1.165) is 24.6 Å². The fourth-order valence-corrected chi connectivity index (χ4v) is 1.97. The van der Waals surface area contributed by atoms with E-state index in [1.54, 1.807) is 6.92 Å². The van der Waals surface area contributed by atoms with Gasteiger partial charge in [-0.2, -0.15) is 5.10 Å². The van der Waals surface area contributed by atoms with E-state index in [4.69, 9.17) is 4.74 Å². The first kappa shape index (κ1) is 11.0. The molecule has 0 fully saturated rings. The zero-order valence-corrected chi connectivity index (χ0v) is 9.91. The van der Waals surface area contributed by atoms with Crippen molar-refractivity contribution in [2.45, 2.75) is 27.3 Å². The number of aryl methyl sites for hydroxylation is 1. The van der Waals surface area contributed by atoms with E-state index in [0.29, 0.717) is 18.1 Å². The lowest BCUT2D eigenvalue weighted by atomic mass is 10.1. The summed E-state index contributed by atoms with van der Waals surface area (Å²) in [6.45, 7) is 7.90. The van der Waals surface area contributed by atoms with Crippen molar-refractivity contribution >= 4 is 11.8 Å². The largest absolute Gasteiger partial charge is 0.462 e. The molecule has 1 aliphatic rings. The number of rotatable bonds is 2. The molecule has 0 amide bonds. The van der Waals surface area contributed by atoms with Gasteiger partial charge in [-0.05, 0) is 19.8 Å². The normalized spacial score (nSPS) is 18.8. The molecular weight excluding hydrogens is 206 g/mol. The first-order chi connectivity index (χ1) is 7.63. The van der Waals surface area contributed by atoms with Crippen LogP contribution >= 0.6 is 0 Å². The Morgan fingerprint density at radius 3 is 3.12 bits per heavy atom. The van der Waals surface area contributed by atoms with Crippen molar-refractivity contribution in [1.29, 1.82) is 0 Å². The summed E-state index contributed by atoms with van der Waals surface area (Å²) >= 11 is 0. The van der Waals surface area contributed by atoms with Crippen LogP contribution in [-0.4, -0.2) is 28.9 Å². The Balaban J connectivity index is 2.35. The van der Waals surface area contributed by atoms with Crippen LogP contribution < -0.4 is 5.32 Å². The molecule has 1 atom stereocenters. The molecule has 1 unspecified atom stereocenters. The Bertz CT molecular complexity index is 412. The van der Waals surface area contributed by atoms with Gasteiger partial charge in [0.15, 0.2) is 0 Å². The lowest BCUT2D eigenvalue weighted by Gasteiger charge is -2.22. The van der Waals surface area contributed by atoms with Gasteiger partial charge in [-0.3, -0.25) is 0 Å². The minimum atomic E-state index is -0.289. The van der Waals surface area contributed by atoms with Crippen LogP contribution in [0.15, 0.2) is 0 Å². The second-order valence-corrected chi connectivity index (χ2v) is 4.20. The molecule has 2 heterocycles. The summed E-state index contributed by atoms with van der Waals surface area (Å²) in [7, 11) is 0. The van der Waals surface area contributed by atoms with Crippen molar-refractivity contribution in [3.63, 3.8) is 0 Å². The van der Waals surface area contributed by atoms with Gasteiger partial charge in [-0.15, -0.1) is 0 Å². The van der Waals surface area contributed by atoms with E-state index in [-0.39, 0.29) is 5.97 Å². The van der Waals surface area contributed by atoms with Crippen LogP contribution in [0.5, 0.6) is 0 Å². The van der Waals surface area contributed by atoms with Crippen molar-refractivity contribution in [3.8, 4) is 0 Å². The number of nitrogens with zero attached hydrogens (tertiary/aromatic N) is 2. The number of aromatic nitrogens is 2. The van der Waals surface area contributed by atoms with E-state index >= 15 is 0 Å². The van der Waals surface area contributed by atoms with Gasteiger partial charge >= 0.3 is 5.97 Å². The molecule has 0 saturated heterocycles. The summed E-state index contributed by atoms with van der Waals surface area (Å²) in [6.07, 6.45) is 0. The second kappa shape index (κ2) is 4.15. The first-order valence-corrected chi connectivity index (χ1v) is 5.61. The molecule has 0 bridgehead atoms. The van der Waals surface area contributed by atoms with Gasteiger partial charge in [-0.1, -0.05) is 6.92 Å². The molecular formula is C11H17N3O2. The summed E-state index contributed by atoms with van der Waals surface area (Å²) in [4.78, 5) is 11.8. The minimum absolute atomic E-state index is 0.289.